The molecular formula is C18H19N3O3. The summed E-state index contributed by atoms with van der Waals surface area (Å²) in [5.41, 5.74) is 6.96. The Kier molecular flexibility index (Phi) is 5.08. The van der Waals surface area contributed by atoms with Crippen molar-refractivity contribution in [1.29, 1.82) is 0 Å². The number of carbonyl (C=O) groups is 1. The van der Waals surface area contributed by atoms with Gasteiger partial charge in [0.25, 0.3) is 11.6 Å². The van der Waals surface area contributed by atoms with E-state index in [9.17, 15) is 14.9 Å². The molecule has 1 N–H and O–H groups in total. The quantitative estimate of drug-likeness (QED) is 0.529. The fraction of sp³-hybridized carbons (Fsp3) is 0.222. The summed E-state index contributed by atoms with van der Waals surface area (Å²) < 4.78 is 0. The predicted octanol–water partition coefficient (Wildman–Crippen LogP) is 3.67. The minimum Gasteiger partial charge on any atom is -0.267 e. The third-order valence-corrected chi connectivity index (χ3v) is 3.92. The Morgan fingerprint density at radius 3 is 2.25 bits per heavy atom. The van der Waals surface area contributed by atoms with Crippen LogP contribution in [0.4, 0.5) is 5.69 Å². The average Bonchev–Trinajstić information content (AvgIpc) is 2.55. The number of benzene rings is 2. The molecule has 0 aromatic heterocycles. The molecule has 0 radical (unpaired) electrons. The highest BCUT2D eigenvalue weighted by atomic mass is 16.6. The number of hydrogen-bond donors (Lipinski definition) is 1. The largest absolute Gasteiger partial charge is 0.273 e. The first-order valence-corrected chi connectivity index (χ1v) is 7.47. The van der Waals surface area contributed by atoms with Crippen LogP contribution in [-0.2, 0) is 0 Å². The average molecular weight is 325 g/mol. The fourth-order valence-electron chi connectivity index (χ4n) is 2.18. The summed E-state index contributed by atoms with van der Waals surface area (Å²) >= 11 is 0. The number of nitro groups is 1. The van der Waals surface area contributed by atoms with Crippen LogP contribution < -0.4 is 5.43 Å². The third kappa shape index (κ3) is 3.84. The summed E-state index contributed by atoms with van der Waals surface area (Å²) in [6.07, 6.45) is 0. The number of amides is 1. The fourth-order valence-corrected chi connectivity index (χ4v) is 2.18. The third-order valence-electron chi connectivity index (χ3n) is 3.92. The molecule has 6 heteroatoms. The molecule has 0 fully saturated rings. The van der Waals surface area contributed by atoms with Crippen molar-refractivity contribution in [2.45, 2.75) is 27.7 Å². The van der Waals surface area contributed by atoms with Crippen LogP contribution in [0.25, 0.3) is 0 Å². The SMILES string of the molecule is C/C(=N\NC(=O)c1ccc(C)c([N+](=O)[O-])c1)c1ccc(C)c(C)c1. The van der Waals surface area contributed by atoms with Crippen LogP contribution in [0, 0.1) is 30.9 Å². The molecule has 0 saturated carbocycles. The van der Waals surface area contributed by atoms with Crippen LogP contribution in [0.5, 0.6) is 0 Å². The Balaban J connectivity index is 2.18. The molecule has 2 aromatic rings. The van der Waals surface area contributed by atoms with Crippen LogP contribution >= 0.6 is 0 Å². The van der Waals surface area contributed by atoms with E-state index in [4.69, 9.17) is 0 Å². The van der Waals surface area contributed by atoms with Crippen LogP contribution in [0.3, 0.4) is 0 Å². The van der Waals surface area contributed by atoms with Gasteiger partial charge >= 0.3 is 0 Å². The first-order chi connectivity index (χ1) is 11.3. The van der Waals surface area contributed by atoms with E-state index < -0.39 is 10.8 Å². The van der Waals surface area contributed by atoms with Gasteiger partial charge in [-0.25, -0.2) is 5.43 Å². The van der Waals surface area contributed by atoms with E-state index >= 15 is 0 Å². The molecule has 0 aliphatic rings. The lowest BCUT2D eigenvalue weighted by Gasteiger charge is -2.06. The van der Waals surface area contributed by atoms with E-state index in [-0.39, 0.29) is 11.3 Å². The molecule has 0 unspecified atom stereocenters. The highest BCUT2D eigenvalue weighted by Gasteiger charge is 2.14. The van der Waals surface area contributed by atoms with Crippen LogP contribution in [0.15, 0.2) is 41.5 Å². The summed E-state index contributed by atoms with van der Waals surface area (Å²) in [4.78, 5) is 22.6. The lowest BCUT2D eigenvalue weighted by molar-refractivity contribution is -0.385. The van der Waals surface area contributed by atoms with Crippen LogP contribution in [0.1, 0.15) is 39.5 Å². The minimum atomic E-state index is -0.504. The maximum absolute atomic E-state index is 12.1. The van der Waals surface area contributed by atoms with Crippen molar-refractivity contribution >= 4 is 17.3 Å². The first kappa shape index (κ1) is 17.3. The second kappa shape index (κ2) is 7.04. The van der Waals surface area contributed by atoms with Gasteiger partial charge in [-0.2, -0.15) is 5.10 Å². The van der Waals surface area contributed by atoms with Crippen LogP contribution in [-0.4, -0.2) is 16.5 Å². The Bertz CT molecular complexity index is 841. The number of carbonyl (C=O) groups excluding carboxylic acids is 1. The van der Waals surface area contributed by atoms with Gasteiger partial charge in [0.05, 0.1) is 10.6 Å². The lowest BCUT2D eigenvalue weighted by Crippen LogP contribution is -2.19. The molecule has 0 aliphatic heterocycles. The normalized spacial score (nSPS) is 11.2. The van der Waals surface area contributed by atoms with Crippen molar-refractivity contribution in [1.82, 2.24) is 5.43 Å². The number of aryl methyl sites for hydroxylation is 3. The van der Waals surface area contributed by atoms with E-state index in [1.807, 2.05) is 32.0 Å². The monoisotopic (exact) mass is 325 g/mol. The van der Waals surface area contributed by atoms with Gasteiger partial charge < -0.3 is 0 Å². The Morgan fingerprint density at radius 1 is 1.00 bits per heavy atom. The zero-order valence-corrected chi connectivity index (χ0v) is 14.1. The predicted molar refractivity (Wildman–Crippen MR) is 93.4 cm³/mol. The highest BCUT2D eigenvalue weighted by molar-refractivity contribution is 6.01. The summed E-state index contributed by atoms with van der Waals surface area (Å²) in [5, 5.41) is 15.0. The van der Waals surface area contributed by atoms with Crippen molar-refractivity contribution in [3.63, 3.8) is 0 Å². The number of nitro benzene ring substituents is 1. The van der Waals surface area contributed by atoms with Gasteiger partial charge in [-0.1, -0.05) is 18.2 Å². The van der Waals surface area contributed by atoms with Gasteiger partial charge in [-0.05, 0) is 56.5 Å². The second-order valence-corrected chi connectivity index (χ2v) is 5.70. The van der Waals surface area contributed by atoms with E-state index in [2.05, 4.69) is 10.5 Å². The molecule has 0 heterocycles. The van der Waals surface area contributed by atoms with Gasteiger partial charge in [0.2, 0.25) is 0 Å². The summed E-state index contributed by atoms with van der Waals surface area (Å²) in [6, 6.07) is 10.3. The summed E-state index contributed by atoms with van der Waals surface area (Å²) in [7, 11) is 0. The number of nitrogens with one attached hydrogen (secondary N) is 1. The van der Waals surface area contributed by atoms with Gasteiger partial charge in [0.1, 0.15) is 0 Å². The Hall–Kier alpha value is -3.02. The van der Waals surface area contributed by atoms with Crippen LogP contribution in [0.2, 0.25) is 0 Å². The van der Waals surface area contributed by atoms with Gasteiger partial charge in [-0.3, -0.25) is 14.9 Å². The maximum atomic E-state index is 12.1. The van der Waals surface area contributed by atoms with Crippen molar-refractivity contribution in [3.8, 4) is 0 Å². The number of hydrogen-bond acceptors (Lipinski definition) is 4. The molecular weight excluding hydrogens is 306 g/mol. The number of nitrogens with zero attached hydrogens (tertiary/aromatic N) is 2. The molecule has 6 nitrogen and oxygen atoms in total. The van der Waals surface area contributed by atoms with Crippen molar-refractivity contribution in [2.75, 3.05) is 0 Å². The molecule has 124 valence electrons. The van der Waals surface area contributed by atoms with Gasteiger partial charge in [-0.15, -0.1) is 0 Å². The van der Waals surface area contributed by atoms with Gasteiger partial charge in [0.15, 0.2) is 0 Å². The molecule has 2 aromatic carbocycles. The van der Waals surface area contributed by atoms with E-state index in [0.717, 1.165) is 11.1 Å². The van der Waals surface area contributed by atoms with Gasteiger partial charge in [0, 0.05) is 17.2 Å². The topological polar surface area (TPSA) is 84.6 Å². The maximum Gasteiger partial charge on any atom is 0.273 e. The van der Waals surface area contributed by atoms with E-state index in [1.54, 1.807) is 26.0 Å². The Morgan fingerprint density at radius 2 is 1.62 bits per heavy atom. The lowest BCUT2D eigenvalue weighted by atomic mass is 10.0. The van der Waals surface area contributed by atoms with Crippen molar-refractivity contribution in [3.05, 3.63) is 74.3 Å². The molecule has 24 heavy (non-hydrogen) atoms. The zero-order chi connectivity index (χ0) is 17.9. The van der Waals surface area contributed by atoms with Crippen molar-refractivity contribution < 1.29 is 9.72 Å². The molecule has 0 saturated heterocycles. The molecule has 0 aliphatic carbocycles. The molecule has 0 atom stereocenters. The zero-order valence-electron chi connectivity index (χ0n) is 14.1. The summed E-state index contributed by atoms with van der Waals surface area (Å²) in [6.45, 7) is 7.46. The molecule has 2 rings (SSSR count). The summed E-state index contributed by atoms with van der Waals surface area (Å²) in [5.74, 6) is -0.485. The number of rotatable bonds is 4. The van der Waals surface area contributed by atoms with E-state index in [1.165, 1.54) is 11.6 Å². The van der Waals surface area contributed by atoms with Crippen molar-refractivity contribution in [2.24, 2.45) is 5.10 Å². The number of hydrazone groups is 1. The van der Waals surface area contributed by atoms with E-state index in [0.29, 0.717) is 11.3 Å². The Labute approximate surface area is 140 Å². The minimum absolute atomic E-state index is 0.0856. The first-order valence-electron chi connectivity index (χ1n) is 7.47. The molecule has 0 bridgehead atoms. The molecule has 0 spiro atoms. The molecule has 1 amide bonds. The highest BCUT2D eigenvalue weighted by Crippen LogP contribution is 2.19. The second-order valence-electron chi connectivity index (χ2n) is 5.70. The standard InChI is InChI=1S/C18H19N3O3/c1-11-5-7-15(9-13(11)3)14(4)19-20-18(22)16-8-6-12(2)17(10-16)21(23)24/h5-10H,1-4H3,(H,20,22)/b19-14+. The smallest absolute Gasteiger partial charge is 0.267 e.